The van der Waals surface area contributed by atoms with E-state index in [0.717, 1.165) is 24.1 Å². The molecular formula is C13H18ClN5O. The van der Waals surface area contributed by atoms with Crippen LogP contribution >= 0.6 is 11.6 Å². The van der Waals surface area contributed by atoms with Gasteiger partial charge in [0.05, 0.1) is 12.4 Å². The number of halogens is 1. The van der Waals surface area contributed by atoms with Crippen molar-refractivity contribution in [1.29, 1.82) is 0 Å². The summed E-state index contributed by atoms with van der Waals surface area (Å²) in [5.41, 5.74) is 8.15. The molecule has 2 aromatic rings. The molecule has 2 unspecified atom stereocenters. The molecule has 0 spiro atoms. The van der Waals surface area contributed by atoms with Gasteiger partial charge in [0.2, 0.25) is 0 Å². The number of nitrogen functional groups attached to an aromatic ring is 1. The van der Waals surface area contributed by atoms with Gasteiger partial charge in [-0.3, -0.25) is 0 Å². The van der Waals surface area contributed by atoms with Crippen LogP contribution in [0.25, 0.3) is 11.2 Å². The van der Waals surface area contributed by atoms with E-state index in [1.165, 1.54) is 12.7 Å². The predicted octanol–water partition coefficient (Wildman–Crippen LogP) is 1.76. The standard InChI is InChI=1S/C12H15N5O.CH3Cl/c1-7-8(4-18)2-3-9(7)17-6-16-10-11(13)14-5-15-12(10)17;1-2/h5-6,8-9,18H,1-4H2,(H2,13,14,15);1H3. The third-order valence-electron chi connectivity index (χ3n) is 3.68. The lowest BCUT2D eigenvalue weighted by Gasteiger charge is -2.15. The van der Waals surface area contributed by atoms with Crippen molar-refractivity contribution < 1.29 is 5.11 Å². The van der Waals surface area contributed by atoms with Crippen molar-refractivity contribution in [2.75, 3.05) is 18.7 Å². The van der Waals surface area contributed by atoms with Gasteiger partial charge in [0.15, 0.2) is 11.5 Å². The van der Waals surface area contributed by atoms with Crippen LogP contribution in [-0.2, 0) is 0 Å². The molecule has 6 nitrogen and oxygen atoms in total. The fourth-order valence-corrected chi connectivity index (χ4v) is 2.63. The zero-order valence-electron chi connectivity index (χ0n) is 11.3. The molecule has 2 aromatic heterocycles. The Morgan fingerprint density at radius 3 is 2.80 bits per heavy atom. The maximum absolute atomic E-state index is 9.28. The summed E-state index contributed by atoms with van der Waals surface area (Å²) in [7, 11) is 0. The molecule has 20 heavy (non-hydrogen) atoms. The van der Waals surface area contributed by atoms with Gasteiger partial charge in [0, 0.05) is 18.9 Å². The number of anilines is 1. The highest BCUT2D eigenvalue weighted by atomic mass is 35.5. The van der Waals surface area contributed by atoms with E-state index in [4.69, 9.17) is 5.73 Å². The van der Waals surface area contributed by atoms with Gasteiger partial charge in [-0.15, -0.1) is 11.6 Å². The van der Waals surface area contributed by atoms with Crippen LogP contribution in [0, 0.1) is 5.92 Å². The van der Waals surface area contributed by atoms with E-state index in [1.807, 2.05) is 4.57 Å². The average molecular weight is 296 g/mol. The first-order valence-corrected chi connectivity index (χ1v) is 7.08. The first-order valence-electron chi connectivity index (χ1n) is 6.32. The van der Waals surface area contributed by atoms with Crippen LogP contribution in [0.4, 0.5) is 5.82 Å². The van der Waals surface area contributed by atoms with E-state index in [1.54, 1.807) is 6.33 Å². The van der Waals surface area contributed by atoms with Crippen molar-refractivity contribution >= 4 is 28.6 Å². The highest BCUT2D eigenvalue weighted by molar-refractivity contribution is 6.15. The number of aliphatic hydroxyl groups is 1. The summed E-state index contributed by atoms with van der Waals surface area (Å²) >= 11 is 4.64. The number of nitrogens with two attached hydrogens (primary N) is 1. The minimum Gasteiger partial charge on any atom is -0.396 e. The quantitative estimate of drug-likeness (QED) is 0.651. The van der Waals surface area contributed by atoms with Crippen molar-refractivity contribution in [3.8, 4) is 0 Å². The van der Waals surface area contributed by atoms with Crippen LogP contribution in [0.3, 0.4) is 0 Å². The smallest absolute Gasteiger partial charge is 0.165 e. The fraction of sp³-hybridized carbons (Fsp3) is 0.462. The van der Waals surface area contributed by atoms with Gasteiger partial charge in [0.25, 0.3) is 0 Å². The van der Waals surface area contributed by atoms with Crippen molar-refractivity contribution in [1.82, 2.24) is 19.5 Å². The van der Waals surface area contributed by atoms with E-state index < -0.39 is 0 Å². The normalized spacial score (nSPS) is 21.9. The minimum atomic E-state index is 0.140. The lowest BCUT2D eigenvalue weighted by molar-refractivity contribution is 0.249. The summed E-state index contributed by atoms with van der Waals surface area (Å²) in [6, 6.07) is 0.140. The molecule has 0 aliphatic heterocycles. The Morgan fingerprint density at radius 2 is 2.15 bits per heavy atom. The van der Waals surface area contributed by atoms with E-state index in [0.29, 0.717) is 11.3 Å². The Kier molecular flexibility index (Phi) is 4.57. The second kappa shape index (κ2) is 6.19. The Bertz CT molecular complexity index is 612. The molecule has 0 saturated heterocycles. The van der Waals surface area contributed by atoms with Gasteiger partial charge in [-0.25, -0.2) is 15.0 Å². The predicted molar refractivity (Wildman–Crippen MR) is 79.5 cm³/mol. The van der Waals surface area contributed by atoms with E-state index in [2.05, 4.69) is 33.1 Å². The first-order chi connectivity index (χ1) is 9.72. The third kappa shape index (κ3) is 2.36. The number of hydrogen-bond donors (Lipinski definition) is 2. The SMILES string of the molecule is C=C1C(CO)CCC1n1cnc2c(N)ncnc21.CCl. The summed E-state index contributed by atoms with van der Waals surface area (Å²) in [6.45, 7) is 4.24. The van der Waals surface area contributed by atoms with Crippen LogP contribution < -0.4 is 5.73 Å². The Balaban J connectivity index is 0.000000704. The molecule has 7 heteroatoms. The molecule has 3 rings (SSSR count). The molecule has 0 radical (unpaired) electrons. The minimum absolute atomic E-state index is 0.140. The van der Waals surface area contributed by atoms with Crippen molar-refractivity contribution in [2.45, 2.75) is 18.9 Å². The Morgan fingerprint density at radius 1 is 1.40 bits per heavy atom. The van der Waals surface area contributed by atoms with Crippen molar-refractivity contribution in [2.24, 2.45) is 5.92 Å². The molecule has 0 amide bonds. The topological polar surface area (TPSA) is 89.8 Å². The molecular weight excluding hydrogens is 278 g/mol. The molecule has 2 heterocycles. The maximum Gasteiger partial charge on any atom is 0.165 e. The molecule has 0 bridgehead atoms. The summed E-state index contributed by atoms with van der Waals surface area (Å²) in [4.78, 5) is 12.4. The van der Waals surface area contributed by atoms with E-state index in [9.17, 15) is 5.11 Å². The number of alkyl halides is 1. The van der Waals surface area contributed by atoms with Crippen LogP contribution in [0.5, 0.6) is 0 Å². The van der Waals surface area contributed by atoms with Crippen LogP contribution in [0.1, 0.15) is 18.9 Å². The van der Waals surface area contributed by atoms with Crippen LogP contribution in [0.2, 0.25) is 0 Å². The zero-order valence-corrected chi connectivity index (χ0v) is 12.1. The van der Waals surface area contributed by atoms with E-state index >= 15 is 0 Å². The Hall–Kier alpha value is -1.66. The molecule has 1 aliphatic carbocycles. The zero-order chi connectivity index (χ0) is 14.7. The monoisotopic (exact) mass is 295 g/mol. The fourth-order valence-electron chi connectivity index (χ4n) is 2.63. The van der Waals surface area contributed by atoms with Gasteiger partial charge in [-0.05, 0) is 18.4 Å². The highest BCUT2D eigenvalue weighted by Gasteiger charge is 2.30. The maximum atomic E-state index is 9.28. The summed E-state index contributed by atoms with van der Waals surface area (Å²) in [5, 5.41) is 9.28. The molecule has 1 aliphatic rings. The number of fused-ring (bicyclic) bond motifs is 1. The molecule has 1 fully saturated rings. The molecule has 2 atom stereocenters. The Labute approximate surface area is 122 Å². The summed E-state index contributed by atoms with van der Waals surface area (Å²) in [6.07, 6.45) is 6.53. The second-order valence-corrected chi connectivity index (χ2v) is 4.63. The van der Waals surface area contributed by atoms with Crippen LogP contribution in [-0.4, -0.2) is 37.6 Å². The lowest BCUT2D eigenvalue weighted by Crippen LogP contribution is -2.10. The largest absolute Gasteiger partial charge is 0.396 e. The lowest BCUT2D eigenvalue weighted by atomic mass is 10.0. The number of hydrogen-bond acceptors (Lipinski definition) is 5. The molecule has 0 aromatic carbocycles. The second-order valence-electron chi connectivity index (χ2n) is 4.63. The molecule has 3 N–H and O–H groups in total. The van der Waals surface area contributed by atoms with Crippen molar-refractivity contribution in [3.05, 3.63) is 24.8 Å². The molecule has 108 valence electrons. The number of imidazole rings is 1. The molecule has 1 saturated carbocycles. The van der Waals surface area contributed by atoms with Gasteiger partial charge in [0.1, 0.15) is 11.8 Å². The highest BCUT2D eigenvalue weighted by Crippen LogP contribution is 2.39. The number of aliphatic hydroxyl groups excluding tert-OH is 1. The van der Waals surface area contributed by atoms with Crippen LogP contribution in [0.15, 0.2) is 24.8 Å². The van der Waals surface area contributed by atoms with Crippen molar-refractivity contribution in [3.63, 3.8) is 0 Å². The van der Waals surface area contributed by atoms with Gasteiger partial charge >= 0.3 is 0 Å². The van der Waals surface area contributed by atoms with Gasteiger partial charge < -0.3 is 15.4 Å². The third-order valence-corrected chi connectivity index (χ3v) is 3.68. The number of rotatable bonds is 2. The number of nitrogens with zero attached hydrogens (tertiary/aromatic N) is 4. The summed E-state index contributed by atoms with van der Waals surface area (Å²) < 4.78 is 1.98. The van der Waals surface area contributed by atoms with E-state index in [-0.39, 0.29) is 18.6 Å². The van der Waals surface area contributed by atoms with Gasteiger partial charge in [-0.1, -0.05) is 6.58 Å². The first kappa shape index (κ1) is 14.7. The summed E-state index contributed by atoms with van der Waals surface area (Å²) in [5.74, 6) is 0.563. The number of aromatic nitrogens is 4. The average Bonchev–Trinajstić information content (AvgIpc) is 3.05. The van der Waals surface area contributed by atoms with Gasteiger partial charge in [-0.2, -0.15) is 0 Å².